The van der Waals surface area contributed by atoms with Crippen LogP contribution in [-0.4, -0.2) is 16.1 Å². The Morgan fingerprint density at radius 2 is 1.81 bits per heavy atom. The minimum absolute atomic E-state index is 0.127. The Labute approximate surface area is 116 Å². The lowest BCUT2D eigenvalue weighted by atomic mass is 10.1. The van der Waals surface area contributed by atoms with E-state index in [1.165, 1.54) is 6.20 Å². The van der Waals surface area contributed by atoms with Gasteiger partial charge in [-0.3, -0.25) is 9.78 Å². The molecule has 1 heterocycles. The number of rotatable bonds is 3. The molecule has 1 aromatic carbocycles. The van der Waals surface area contributed by atoms with Crippen LogP contribution in [0.2, 0.25) is 0 Å². The topological polar surface area (TPSA) is 50.2 Å². The number of carbonyl (C=O) groups is 1. The average molecular weight is 299 g/mol. The molecule has 0 aliphatic heterocycles. The van der Waals surface area contributed by atoms with Crippen LogP contribution in [0, 0.1) is 5.82 Å². The van der Waals surface area contributed by atoms with Gasteiger partial charge < -0.3 is 5.11 Å². The molecule has 2 aromatic rings. The molecule has 0 aliphatic rings. The van der Waals surface area contributed by atoms with Crippen LogP contribution in [-0.2, 0) is 17.4 Å². The molecule has 1 aromatic heterocycles. The van der Waals surface area contributed by atoms with Gasteiger partial charge in [0.1, 0.15) is 11.5 Å². The zero-order chi connectivity index (χ0) is 15.6. The van der Waals surface area contributed by atoms with Crippen molar-refractivity contribution in [3.8, 4) is 11.3 Å². The van der Waals surface area contributed by atoms with E-state index < -0.39 is 23.5 Å². The highest BCUT2D eigenvalue weighted by atomic mass is 19.4. The summed E-state index contributed by atoms with van der Waals surface area (Å²) in [5.41, 5.74) is -0.606. The van der Waals surface area contributed by atoms with Crippen LogP contribution < -0.4 is 0 Å². The molecular weight excluding hydrogens is 290 g/mol. The van der Waals surface area contributed by atoms with Gasteiger partial charge in [-0.1, -0.05) is 12.1 Å². The summed E-state index contributed by atoms with van der Waals surface area (Å²) < 4.78 is 51.1. The molecule has 2 rings (SSSR count). The molecular formula is C14H9F4NO2. The molecule has 21 heavy (non-hydrogen) atoms. The third kappa shape index (κ3) is 3.56. The minimum atomic E-state index is -4.46. The van der Waals surface area contributed by atoms with Crippen LogP contribution in [0.15, 0.2) is 36.5 Å². The van der Waals surface area contributed by atoms with Crippen LogP contribution in [0.1, 0.15) is 11.1 Å². The Kier molecular flexibility index (Phi) is 3.93. The minimum Gasteiger partial charge on any atom is -0.481 e. The predicted octanol–water partition coefficient (Wildman–Crippen LogP) is 3.53. The molecule has 0 unspecified atom stereocenters. The number of halogens is 4. The van der Waals surface area contributed by atoms with Crippen molar-refractivity contribution in [3.05, 3.63) is 53.5 Å². The zero-order valence-corrected chi connectivity index (χ0v) is 10.5. The van der Waals surface area contributed by atoms with Gasteiger partial charge in [0.25, 0.3) is 0 Å². The molecule has 0 aliphatic carbocycles. The van der Waals surface area contributed by atoms with E-state index in [1.54, 1.807) is 0 Å². The van der Waals surface area contributed by atoms with Gasteiger partial charge in [0.05, 0.1) is 12.0 Å². The maximum Gasteiger partial charge on any atom is 0.416 e. The molecule has 0 radical (unpaired) electrons. The zero-order valence-electron chi connectivity index (χ0n) is 10.5. The van der Waals surface area contributed by atoms with E-state index in [9.17, 15) is 22.4 Å². The first-order chi connectivity index (χ1) is 9.77. The van der Waals surface area contributed by atoms with Crippen LogP contribution in [0.25, 0.3) is 11.3 Å². The van der Waals surface area contributed by atoms with Gasteiger partial charge in [-0.25, -0.2) is 4.39 Å². The third-order valence-electron chi connectivity index (χ3n) is 2.74. The number of hydrogen-bond donors (Lipinski definition) is 1. The van der Waals surface area contributed by atoms with Gasteiger partial charge in [-0.15, -0.1) is 0 Å². The van der Waals surface area contributed by atoms with E-state index in [0.717, 1.165) is 30.3 Å². The van der Waals surface area contributed by atoms with E-state index in [1.807, 2.05) is 0 Å². The van der Waals surface area contributed by atoms with E-state index in [4.69, 9.17) is 5.11 Å². The quantitative estimate of drug-likeness (QED) is 0.882. The second-order valence-corrected chi connectivity index (χ2v) is 4.32. The number of nitrogens with zero attached hydrogens (tertiary/aromatic N) is 1. The standard InChI is InChI=1S/C14H9F4NO2/c15-11-5-8(6-12(20)21)7-19-13(11)9-1-3-10(4-2-9)14(16,17)18/h1-5,7H,6H2,(H,20,21). The molecule has 3 nitrogen and oxygen atoms in total. The molecule has 7 heteroatoms. The van der Waals surface area contributed by atoms with Crippen molar-refractivity contribution in [2.75, 3.05) is 0 Å². The smallest absolute Gasteiger partial charge is 0.416 e. The molecule has 0 bridgehead atoms. The second kappa shape index (κ2) is 5.51. The van der Waals surface area contributed by atoms with E-state index >= 15 is 0 Å². The Morgan fingerprint density at radius 1 is 1.19 bits per heavy atom. The van der Waals surface area contributed by atoms with Crippen molar-refractivity contribution in [1.29, 1.82) is 0 Å². The highest BCUT2D eigenvalue weighted by Gasteiger charge is 2.30. The van der Waals surface area contributed by atoms with E-state index in [0.29, 0.717) is 0 Å². The van der Waals surface area contributed by atoms with Crippen molar-refractivity contribution >= 4 is 5.97 Å². The lowest BCUT2D eigenvalue weighted by molar-refractivity contribution is -0.138. The molecule has 0 saturated heterocycles. The summed E-state index contributed by atoms with van der Waals surface area (Å²) in [7, 11) is 0. The first-order valence-electron chi connectivity index (χ1n) is 5.81. The highest BCUT2D eigenvalue weighted by molar-refractivity contribution is 5.70. The second-order valence-electron chi connectivity index (χ2n) is 4.32. The van der Waals surface area contributed by atoms with Crippen LogP contribution in [0.3, 0.4) is 0 Å². The van der Waals surface area contributed by atoms with Crippen molar-refractivity contribution < 1.29 is 27.5 Å². The lowest BCUT2D eigenvalue weighted by Gasteiger charge is -2.08. The van der Waals surface area contributed by atoms with Crippen molar-refractivity contribution in [3.63, 3.8) is 0 Å². The molecule has 0 atom stereocenters. The largest absolute Gasteiger partial charge is 0.481 e. The summed E-state index contributed by atoms with van der Waals surface area (Å²) in [6, 6.07) is 4.91. The first kappa shape index (κ1) is 15.0. The van der Waals surface area contributed by atoms with Gasteiger partial charge in [0.15, 0.2) is 0 Å². The average Bonchev–Trinajstić information content (AvgIpc) is 2.37. The summed E-state index contributed by atoms with van der Waals surface area (Å²) in [6.45, 7) is 0. The highest BCUT2D eigenvalue weighted by Crippen LogP contribution is 2.31. The third-order valence-corrected chi connectivity index (χ3v) is 2.74. The molecule has 0 amide bonds. The fraction of sp³-hybridized carbons (Fsp3) is 0.143. The lowest BCUT2D eigenvalue weighted by Crippen LogP contribution is -2.04. The van der Waals surface area contributed by atoms with Gasteiger partial charge in [-0.2, -0.15) is 13.2 Å². The van der Waals surface area contributed by atoms with Gasteiger partial charge in [-0.05, 0) is 23.8 Å². The van der Waals surface area contributed by atoms with E-state index in [-0.39, 0.29) is 23.2 Å². The summed E-state index contributed by atoms with van der Waals surface area (Å²) in [5.74, 6) is -1.91. The summed E-state index contributed by atoms with van der Waals surface area (Å²) in [4.78, 5) is 14.3. The summed E-state index contributed by atoms with van der Waals surface area (Å²) >= 11 is 0. The number of hydrogen-bond acceptors (Lipinski definition) is 2. The molecule has 0 fully saturated rings. The van der Waals surface area contributed by atoms with Gasteiger partial charge in [0.2, 0.25) is 0 Å². The van der Waals surface area contributed by atoms with E-state index in [2.05, 4.69) is 4.98 Å². The number of carboxylic acid groups (broad SMARTS) is 1. The Balaban J connectivity index is 2.32. The Hall–Kier alpha value is -2.44. The SMILES string of the molecule is O=C(O)Cc1cnc(-c2ccc(C(F)(F)F)cc2)c(F)c1. The van der Waals surface area contributed by atoms with Gasteiger partial charge in [0, 0.05) is 11.8 Å². The Morgan fingerprint density at radius 3 is 2.29 bits per heavy atom. The maximum absolute atomic E-state index is 13.8. The number of benzene rings is 1. The normalized spacial score (nSPS) is 11.4. The number of aromatic nitrogens is 1. The summed E-state index contributed by atoms with van der Waals surface area (Å²) in [6.07, 6.45) is -3.66. The maximum atomic E-state index is 13.8. The Bertz CT molecular complexity index is 666. The fourth-order valence-corrected chi connectivity index (χ4v) is 1.78. The molecule has 0 spiro atoms. The number of pyridine rings is 1. The van der Waals surface area contributed by atoms with Crippen LogP contribution in [0.5, 0.6) is 0 Å². The fourth-order valence-electron chi connectivity index (χ4n) is 1.78. The first-order valence-corrected chi connectivity index (χ1v) is 5.81. The molecule has 110 valence electrons. The summed E-state index contributed by atoms with van der Waals surface area (Å²) in [5, 5.41) is 8.59. The van der Waals surface area contributed by atoms with Crippen molar-refractivity contribution in [1.82, 2.24) is 4.98 Å². The van der Waals surface area contributed by atoms with Gasteiger partial charge >= 0.3 is 12.1 Å². The molecule has 0 saturated carbocycles. The van der Waals surface area contributed by atoms with Crippen molar-refractivity contribution in [2.24, 2.45) is 0 Å². The number of carboxylic acids is 1. The van der Waals surface area contributed by atoms with Crippen molar-refractivity contribution in [2.45, 2.75) is 12.6 Å². The number of aliphatic carboxylic acids is 1. The van der Waals surface area contributed by atoms with Crippen LogP contribution in [0.4, 0.5) is 17.6 Å². The molecule has 1 N–H and O–H groups in total. The number of alkyl halides is 3. The monoisotopic (exact) mass is 299 g/mol. The predicted molar refractivity (Wildman–Crippen MR) is 66.0 cm³/mol. The van der Waals surface area contributed by atoms with Crippen LogP contribution >= 0.6 is 0 Å².